The van der Waals surface area contributed by atoms with Crippen molar-refractivity contribution in [2.24, 2.45) is 7.05 Å². The van der Waals surface area contributed by atoms with E-state index in [1.165, 1.54) is 0 Å². The molecule has 2 aromatic rings. The smallest absolute Gasteiger partial charge is 0.242 e. The van der Waals surface area contributed by atoms with Crippen LogP contribution in [-0.2, 0) is 19.5 Å². The molecule has 1 N–H and O–H groups in total. The van der Waals surface area contributed by atoms with E-state index in [2.05, 4.69) is 20.8 Å². The van der Waals surface area contributed by atoms with Gasteiger partial charge >= 0.3 is 0 Å². The third kappa shape index (κ3) is 2.49. The molecule has 1 aromatic carbocycles. The van der Waals surface area contributed by atoms with Crippen molar-refractivity contribution >= 4 is 17.5 Å². The number of tetrazole rings is 1. The van der Waals surface area contributed by atoms with Gasteiger partial charge in [-0.3, -0.25) is 0 Å². The van der Waals surface area contributed by atoms with Crippen LogP contribution in [0.4, 0.5) is 5.95 Å². The predicted octanol–water partition coefficient (Wildman–Crippen LogP) is 1.56. The normalized spacial score (nSPS) is 10.4. The summed E-state index contributed by atoms with van der Waals surface area (Å²) < 4.78 is 1.59. The van der Waals surface area contributed by atoms with Gasteiger partial charge in [-0.2, -0.15) is 0 Å². The van der Waals surface area contributed by atoms with Crippen LogP contribution >= 0.6 is 11.6 Å². The van der Waals surface area contributed by atoms with Crippen LogP contribution in [0.3, 0.4) is 0 Å². The minimum atomic E-state index is 0.543. The highest BCUT2D eigenvalue weighted by Gasteiger charge is 2.00. The molecule has 84 valence electrons. The van der Waals surface area contributed by atoms with E-state index in [4.69, 9.17) is 11.6 Å². The lowest BCUT2D eigenvalue weighted by Gasteiger charge is -2.04. The molecule has 0 aliphatic heterocycles. The molecule has 0 saturated heterocycles. The Labute approximate surface area is 98.4 Å². The summed E-state index contributed by atoms with van der Waals surface area (Å²) in [6, 6.07) is 8.10. The summed E-state index contributed by atoms with van der Waals surface area (Å²) in [6.45, 7) is 0.691. The molecular formula is C10H12ClN5. The number of aromatic nitrogens is 4. The SMILES string of the molecule is Cn1nnnc1NCc1ccc(CCl)cc1. The maximum Gasteiger partial charge on any atom is 0.242 e. The Morgan fingerprint density at radius 2 is 1.94 bits per heavy atom. The van der Waals surface area contributed by atoms with Crippen LogP contribution < -0.4 is 5.32 Å². The van der Waals surface area contributed by atoms with Gasteiger partial charge in [0.25, 0.3) is 0 Å². The minimum Gasteiger partial charge on any atom is -0.349 e. The van der Waals surface area contributed by atoms with Crippen LogP contribution in [0.2, 0.25) is 0 Å². The van der Waals surface area contributed by atoms with E-state index >= 15 is 0 Å². The van der Waals surface area contributed by atoms with Crippen molar-refractivity contribution in [2.75, 3.05) is 5.32 Å². The van der Waals surface area contributed by atoms with E-state index in [9.17, 15) is 0 Å². The molecule has 1 aromatic heterocycles. The van der Waals surface area contributed by atoms with Crippen molar-refractivity contribution in [3.8, 4) is 0 Å². The molecule has 0 atom stereocenters. The number of rotatable bonds is 4. The fourth-order valence-corrected chi connectivity index (χ4v) is 1.48. The molecule has 0 unspecified atom stereocenters. The second kappa shape index (κ2) is 4.94. The van der Waals surface area contributed by atoms with Crippen molar-refractivity contribution in [3.63, 3.8) is 0 Å². The van der Waals surface area contributed by atoms with E-state index in [0.717, 1.165) is 11.1 Å². The quantitative estimate of drug-likeness (QED) is 0.820. The van der Waals surface area contributed by atoms with E-state index in [1.54, 1.807) is 11.7 Å². The van der Waals surface area contributed by atoms with Gasteiger partial charge in [-0.25, -0.2) is 4.68 Å². The molecule has 2 rings (SSSR count). The lowest BCUT2D eigenvalue weighted by molar-refractivity contribution is 0.712. The number of nitrogens with zero attached hydrogens (tertiary/aromatic N) is 4. The number of aryl methyl sites for hydroxylation is 1. The third-order valence-corrected chi connectivity index (χ3v) is 2.56. The van der Waals surface area contributed by atoms with E-state index < -0.39 is 0 Å². The average Bonchev–Trinajstić information content (AvgIpc) is 2.73. The van der Waals surface area contributed by atoms with Crippen molar-refractivity contribution in [1.82, 2.24) is 20.2 Å². The van der Waals surface area contributed by atoms with Gasteiger partial charge in [0.05, 0.1) is 0 Å². The number of hydrogen-bond donors (Lipinski definition) is 1. The predicted molar refractivity (Wildman–Crippen MR) is 62.1 cm³/mol. The van der Waals surface area contributed by atoms with Crippen LogP contribution in [0, 0.1) is 0 Å². The molecule has 0 spiro atoms. The highest BCUT2D eigenvalue weighted by molar-refractivity contribution is 6.17. The van der Waals surface area contributed by atoms with E-state index in [0.29, 0.717) is 18.4 Å². The van der Waals surface area contributed by atoms with Crippen molar-refractivity contribution < 1.29 is 0 Å². The first kappa shape index (κ1) is 10.9. The molecule has 0 saturated carbocycles. The Balaban J connectivity index is 1.97. The molecule has 0 aliphatic carbocycles. The zero-order valence-corrected chi connectivity index (χ0v) is 9.65. The van der Waals surface area contributed by atoms with Crippen LogP contribution in [0.1, 0.15) is 11.1 Å². The summed E-state index contributed by atoms with van der Waals surface area (Å²) in [4.78, 5) is 0. The topological polar surface area (TPSA) is 55.6 Å². The fraction of sp³-hybridized carbons (Fsp3) is 0.300. The van der Waals surface area contributed by atoms with Gasteiger partial charge in [-0.1, -0.05) is 29.4 Å². The lowest BCUT2D eigenvalue weighted by Crippen LogP contribution is -2.05. The highest BCUT2D eigenvalue weighted by atomic mass is 35.5. The van der Waals surface area contributed by atoms with Gasteiger partial charge in [-0.15, -0.1) is 11.6 Å². The second-order valence-electron chi connectivity index (χ2n) is 3.43. The number of anilines is 1. The van der Waals surface area contributed by atoms with Crippen LogP contribution in [0.5, 0.6) is 0 Å². The Hall–Kier alpha value is -1.62. The summed E-state index contributed by atoms with van der Waals surface area (Å²) in [5, 5.41) is 14.3. The molecule has 6 heteroatoms. The average molecular weight is 238 g/mol. The van der Waals surface area contributed by atoms with Gasteiger partial charge in [0.1, 0.15) is 0 Å². The summed E-state index contributed by atoms with van der Waals surface area (Å²) in [5.41, 5.74) is 2.28. The van der Waals surface area contributed by atoms with Crippen LogP contribution in [-0.4, -0.2) is 20.2 Å². The standard InChI is InChI=1S/C10H12ClN5/c1-16-10(13-14-15-16)12-7-9-4-2-8(6-11)3-5-9/h2-5H,6-7H2,1H3,(H,12,13,15). The minimum absolute atomic E-state index is 0.543. The van der Waals surface area contributed by atoms with E-state index in [-0.39, 0.29) is 0 Å². The van der Waals surface area contributed by atoms with E-state index in [1.807, 2.05) is 24.3 Å². The molecule has 5 nitrogen and oxygen atoms in total. The largest absolute Gasteiger partial charge is 0.349 e. The molecule has 0 radical (unpaired) electrons. The maximum atomic E-state index is 5.71. The van der Waals surface area contributed by atoms with Gasteiger partial charge in [0, 0.05) is 19.5 Å². The van der Waals surface area contributed by atoms with Crippen LogP contribution in [0.15, 0.2) is 24.3 Å². The zero-order valence-electron chi connectivity index (χ0n) is 8.89. The first-order valence-corrected chi connectivity index (χ1v) is 5.43. The van der Waals surface area contributed by atoms with Crippen molar-refractivity contribution in [2.45, 2.75) is 12.4 Å². The lowest BCUT2D eigenvalue weighted by atomic mass is 10.1. The molecule has 0 aliphatic rings. The third-order valence-electron chi connectivity index (χ3n) is 2.25. The zero-order chi connectivity index (χ0) is 11.4. The summed E-state index contributed by atoms with van der Waals surface area (Å²) in [6.07, 6.45) is 0. The molecule has 0 amide bonds. The molecule has 0 fully saturated rings. The summed E-state index contributed by atoms with van der Waals surface area (Å²) in [7, 11) is 1.79. The molecule has 1 heterocycles. The number of halogens is 1. The first-order chi connectivity index (χ1) is 7.79. The van der Waals surface area contributed by atoms with Gasteiger partial charge in [0.2, 0.25) is 5.95 Å². The summed E-state index contributed by atoms with van der Waals surface area (Å²) in [5.74, 6) is 1.20. The fourth-order valence-electron chi connectivity index (χ4n) is 1.31. The molecule has 16 heavy (non-hydrogen) atoms. The Bertz CT molecular complexity index is 450. The Morgan fingerprint density at radius 3 is 2.50 bits per heavy atom. The Kier molecular flexibility index (Phi) is 3.36. The van der Waals surface area contributed by atoms with Gasteiger partial charge < -0.3 is 5.32 Å². The number of benzene rings is 1. The summed E-state index contributed by atoms with van der Waals surface area (Å²) >= 11 is 5.71. The monoisotopic (exact) mass is 237 g/mol. The molecular weight excluding hydrogens is 226 g/mol. The van der Waals surface area contributed by atoms with Gasteiger partial charge in [-0.05, 0) is 21.6 Å². The van der Waals surface area contributed by atoms with Crippen molar-refractivity contribution in [3.05, 3.63) is 35.4 Å². The van der Waals surface area contributed by atoms with Crippen LogP contribution in [0.25, 0.3) is 0 Å². The number of hydrogen-bond acceptors (Lipinski definition) is 4. The molecule has 0 bridgehead atoms. The highest BCUT2D eigenvalue weighted by Crippen LogP contribution is 2.08. The van der Waals surface area contributed by atoms with Crippen molar-refractivity contribution in [1.29, 1.82) is 0 Å². The first-order valence-electron chi connectivity index (χ1n) is 4.89. The second-order valence-corrected chi connectivity index (χ2v) is 3.70. The Morgan fingerprint density at radius 1 is 1.25 bits per heavy atom. The van der Waals surface area contributed by atoms with Gasteiger partial charge in [0.15, 0.2) is 0 Å². The maximum absolute atomic E-state index is 5.71. The number of alkyl halides is 1. The number of nitrogens with one attached hydrogen (secondary N) is 1.